The number of anilines is 2. The predicted octanol–water partition coefficient (Wildman–Crippen LogP) is 3.50. The van der Waals surface area contributed by atoms with Gasteiger partial charge in [-0.25, -0.2) is 0 Å². The lowest BCUT2D eigenvalue weighted by Crippen LogP contribution is -2.33. The van der Waals surface area contributed by atoms with Crippen LogP contribution in [0.4, 0.5) is 11.6 Å². The van der Waals surface area contributed by atoms with Crippen LogP contribution >= 0.6 is 0 Å². The van der Waals surface area contributed by atoms with Gasteiger partial charge in [0.15, 0.2) is 5.82 Å². The number of benzene rings is 1. The number of pyridine rings is 1. The molecule has 35 heavy (non-hydrogen) atoms. The Hall–Kier alpha value is -3.99. The third kappa shape index (κ3) is 4.42. The van der Waals surface area contributed by atoms with Crippen LogP contribution in [0.25, 0.3) is 10.8 Å². The first-order chi connectivity index (χ1) is 16.9. The van der Waals surface area contributed by atoms with E-state index in [-0.39, 0.29) is 28.9 Å². The summed E-state index contributed by atoms with van der Waals surface area (Å²) in [6, 6.07) is 7.51. The van der Waals surface area contributed by atoms with Gasteiger partial charge >= 0.3 is 0 Å². The standard InChI is InChI=1S/C27H30N6O2/c1-4-14-29-25-23(24(28)31-32(25)3)26(34)30-16(2)21-15-19-7-5-6-18(11-10-17-8-9-17)22(19)27(35)33(21)20-12-13-20/h4-7,15-17,20,29H,1,8-9,12-14H2,2-3H3,(H2,28,31)(H,30,34). The third-order valence-corrected chi connectivity index (χ3v) is 6.52. The quantitative estimate of drug-likeness (QED) is 0.362. The van der Waals surface area contributed by atoms with Gasteiger partial charge in [0.1, 0.15) is 11.4 Å². The number of nitrogens with zero attached hydrogens (tertiary/aromatic N) is 3. The first-order valence-electron chi connectivity index (χ1n) is 12.1. The van der Waals surface area contributed by atoms with Crippen molar-refractivity contribution in [2.24, 2.45) is 13.0 Å². The summed E-state index contributed by atoms with van der Waals surface area (Å²) in [4.78, 5) is 27.0. The molecule has 5 rings (SSSR count). The number of hydrogen-bond acceptors (Lipinski definition) is 5. The first-order valence-corrected chi connectivity index (χ1v) is 12.1. The molecular formula is C27H30N6O2. The molecule has 0 radical (unpaired) electrons. The highest BCUT2D eigenvalue weighted by molar-refractivity contribution is 6.03. The number of rotatable bonds is 7. The SMILES string of the molecule is C=CCNc1c(C(=O)NC(C)c2cc3cccc(C#CC4CC4)c3c(=O)n2C2CC2)c(N)nn1C. The van der Waals surface area contributed by atoms with E-state index in [9.17, 15) is 9.59 Å². The van der Waals surface area contributed by atoms with Gasteiger partial charge in [-0.05, 0) is 50.1 Å². The van der Waals surface area contributed by atoms with E-state index in [1.54, 1.807) is 17.8 Å². The fourth-order valence-corrected chi connectivity index (χ4v) is 4.43. The molecule has 0 spiro atoms. The number of carbonyl (C=O) groups is 1. The molecule has 2 aromatic heterocycles. The molecule has 8 nitrogen and oxygen atoms in total. The minimum Gasteiger partial charge on any atom is -0.381 e. The van der Waals surface area contributed by atoms with Crippen molar-refractivity contribution < 1.29 is 4.79 Å². The molecule has 1 atom stereocenters. The number of carbonyl (C=O) groups excluding carboxylic acids is 1. The van der Waals surface area contributed by atoms with Gasteiger partial charge in [0.05, 0.1) is 11.4 Å². The highest BCUT2D eigenvalue weighted by atomic mass is 16.2. The summed E-state index contributed by atoms with van der Waals surface area (Å²) in [6.07, 6.45) is 5.86. The molecule has 1 unspecified atom stereocenters. The second-order valence-corrected chi connectivity index (χ2v) is 9.39. The van der Waals surface area contributed by atoms with Crippen LogP contribution in [0.1, 0.15) is 66.3 Å². The Balaban J connectivity index is 1.52. The summed E-state index contributed by atoms with van der Waals surface area (Å²) < 4.78 is 3.39. The molecule has 3 aromatic rings. The molecule has 1 amide bonds. The largest absolute Gasteiger partial charge is 0.381 e. The Kier molecular flexibility index (Phi) is 5.85. The Bertz CT molecular complexity index is 1450. The van der Waals surface area contributed by atoms with Gasteiger partial charge in [0, 0.05) is 36.8 Å². The van der Waals surface area contributed by atoms with Crippen molar-refractivity contribution in [2.75, 3.05) is 17.6 Å². The third-order valence-electron chi connectivity index (χ3n) is 6.52. The van der Waals surface area contributed by atoms with Gasteiger partial charge in [0.2, 0.25) is 0 Å². The summed E-state index contributed by atoms with van der Waals surface area (Å²) >= 11 is 0. The van der Waals surface area contributed by atoms with E-state index in [0.717, 1.165) is 42.3 Å². The van der Waals surface area contributed by atoms with Crippen LogP contribution in [0, 0.1) is 17.8 Å². The molecule has 8 heteroatoms. The Morgan fingerprint density at radius 3 is 2.80 bits per heavy atom. The number of amides is 1. The van der Waals surface area contributed by atoms with E-state index >= 15 is 0 Å². The van der Waals surface area contributed by atoms with Crippen molar-refractivity contribution >= 4 is 28.3 Å². The number of aromatic nitrogens is 3. The smallest absolute Gasteiger partial charge is 0.260 e. The molecule has 0 saturated heterocycles. The summed E-state index contributed by atoms with van der Waals surface area (Å²) in [7, 11) is 1.72. The van der Waals surface area contributed by atoms with E-state index in [1.807, 2.05) is 35.8 Å². The molecule has 180 valence electrons. The van der Waals surface area contributed by atoms with Gasteiger partial charge in [-0.2, -0.15) is 5.10 Å². The van der Waals surface area contributed by atoms with Crippen molar-refractivity contribution in [2.45, 2.75) is 44.7 Å². The normalized spacial score (nSPS) is 15.8. The average molecular weight is 471 g/mol. The topological polar surface area (TPSA) is 107 Å². The fourth-order valence-electron chi connectivity index (χ4n) is 4.43. The molecule has 2 aliphatic rings. The van der Waals surface area contributed by atoms with Gasteiger partial charge in [-0.3, -0.25) is 14.3 Å². The summed E-state index contributed by atoms with van der Waals surface area (Å²) in [5.41, 5.74) is 7.84. The van der Waals surface area contributed by atoms with E-state index in [4.69, 9.17) is 5.73 Å². The van der Waals surface area contributed by atoms with Gasteiger partial charge < -0.3 is 20.9 Å². The zero-order chi connectivity index (χ0) is 24.7. The zero-order valence-corrected chi connectivity index (χ0v) is 20.1. The number of fused-ring (bicyclic) bond motifs is 1. The molecule has 2 fully saturated rings. The lowest BCUT2D eigenvalue weighted by atomic mass is 10.0. The van der Waals surface area contributed by atoms with Crippen LogP contribution in [0.15, 0.2) is 41.7 Å². The molecule has 0 aliphatic heterocycles. The molecule has 2 saturated carbocycles. The summed E-state index contributed by atoms with van der Waals surface area (Å²) in [5, 5.41) is 11.8. The maximum absolute atomic E-state index is 13.7. The molecular weight excluding hydrogens is 440 g/mol. The van der Waals surface area contributed by atoms with E-state index in [2.05, 4.69) is 34.2 Å². The number of nitrogen functional groups attached to an aromatic ring is 1. The lowest BCUT2D eigenvalue weighted by molar-refractivity contribution is 0.0940. The minimum absolute atomic E-state index is 0.0453. The molecule has 2 heterocycles. The Morgan fingerprint density at radius 1 is 1.34 bits per heavy atom. The van der Waals surface area contributed by atoms with Crippen LogP contribution in [0.2, 0.25) is 0 Å². The molecule has 0 bridgehead atoms. The molecule has 4 N–H and O–H groups in total. The van der Waals surface area contributed by atoms with Crippen LogP contribution in [0.3, 0.4) is 0 Å². The highest BCUT2D eigenvalue weighted by Crippen LogP contribution is 2.37. The molecule has 2 aliphatic carbocycles. The highest BCUT2D eigenvalue weighted by Gasteiger charge is 2.31. The maximum atomic E-state index is 13.7. The van der Waals surface area contributed by atoms with Gasteiger partial charge in [0.25, 0.3) is 11.5 Å². The number of hydrogen-bond donors (Lipinski definition) is 3. The maximum Gasteiger partial charge on any atom is 0.260 e. The van der Waals surface area contributed by atoms with Crippen molar-refractivity contribution in [1.29, 1.82) is 0 Å². The lowest BCUT2D eigenvalue weighted by Gasteiger charge is -2.21. The monoisotopic (exact) mass is 470 g/mol. The summed E-state index contributed by atoms with van der Waals surface area (Å²) in [5.74, 6) is 7.28. The zero-order valence-electron chi connectivity index (χ0n) is 20.1. The fraction of sp³-hybridized carbons (Fsp3) is 0.370. The molecule has 1 aromatic carbocycles. The van der Waals surface area contributed by atoms with E-state index in [1.165, 1.54) is 0 Å². The van der Waals surface area contributed by atoms with Crippen LogP contribution in [-0.2, 0) is 7.05 Å². The number of nitrogens with one attached hydrogen (secondary N) is 2. The summed E-state index contributed by atoms with van der Waals surface area (Å²) in [6.45, 7) is 6.06. The van der Waals surface area contributed by atoms with Crippen molar-refractivity contribution in [3.05, 3.63) is 64.1 Å². The van der Waals surface area contributed by atoms with E-state index < -0.39 is 6.04 Å². The number of aryl methyl sites for hydroxylation is 1. The van der Waals surface area contributed by atoms with Crippen molar-refractivity contribution in [3.63, 3.8) is 0 Å². The van der Waals surface area contributed by atoms with Gasteiger partial charge in [-0.15, -0.1) is 6.58 Å². The second-order valence-electron chi connectivity index (χ2n) is 9.39. The Morgan fingerprint density at radius 2 is 2.11 bits per heavy atom. The van der Waals surface area contributed by atoms with Crippen LogP contribution in [-0.4, -0.2) is 26.8 Å². The second kappa shape index (κ2) is 8.99. The first kappa shape index (κ1) is 22.8. The van der Waals surface area contributed by atoms with Crippen LogP contribution in [0.5, 0.6) is 0 Å². The predicted molar refractivity (Wildman–Crippen MR) is 138 cm³/mol. The Labute approximate surface area is 204 Å². The van der Waals surface area contributed by atoms with Crippen LogP contribution < -0.4 is 21.9 Å². The number of nitrogens with two attached hydrogens (primary N) is 1. The van der Waals surface area contributed by atoms with Crippen molar-refractivity contribution in [3.8, 4) is 11.8 Å². The van der Waals surface area contributed by atoms with Gasteiger partial charge in [-0.1, -0.05) is 30.0 Å². The minimum atomic E-state index is -0.423. The van der Waals surface area contributed by atoms with E-state index in [0.29, 0.717) is 23.7 Å². The van der Waals surface area contributed by atoms with Crippen molar-refractivity contribution in [1.82, 2.24) is 19.7 Å². The average Bonchev–Trinajstić information content (AvgIpc) is 3.74.